The molecule has 0 bridgehead atoms. The van der Waals surface area contributed by atoms with Gasteiger partial charge in [0.05, 0.1) is 0 Å². The third-order valence-corrected chi connectivity index (χ3v) is 2.57. The number of benzene rings is 1. The van der Waals surface area contributed by atoms with Gasteiger partial charge in [0.15, 0.2) is 0 Å². The van der Waals surface area contributed by atoms with Gasteiger partial charge >= 0.3 is 0 Å². The monoisotopic (exact) mass is 194 g/mol. The molecule has 1 aliphatic carbocycles. The molecule has 11 heavy (non-hydrogen) atoms. The zero-order valence-electron chi connectivity index (χ0n) is 6.59. The molecule has 54 valence electrons. The molecule has 1 aromatic rings. The quantitative estimate of drug-likeness (QED) is 0.539. The van der Waals surface area contributed by atoms with Crippen molar-refractivity contribution in [1.82, 2.24) is 0 Å². The Morgan fingerprint density at radius 3 is 2.64 bits per heavy atom. The third-order valence-electron chi connectivity index (χ3n) is 1.93. The van der Waals surface area contributed by atoms with Crippen molar-refractivity contribution in [3.05, 3.63) is 40.6 Å². The molecule has 2 rings (SSSR count). The molecule has 0 aliphatic heterocycles. The maximum absolute atomic E-state index is 2.32. The molecule has 0 nitrogen and oxygen atoms in total. The van der Waals surface area contributed by atoms with Crippen LogP contribution in [0.5, 0.6) is 0 Å². The smallest absolute Gasteiger partial charge is 0.0337 e. The van der Waals surface area contributed by atoms with Crippen molar-refractivity contribution >= 4 is 16.3 Å². The van der Waals surface area contributed by atoms with Gasteiger partial charge in [-0.25, -0.2) is 0 Å². The summed E-state index contributed by atoms with van der Waals surface area (Å²) < 4.78 is 0. The van der Waals surface area contributed by atoms with Gasteiger partial charge in [-0.05, 0) is 17.5 Å². The fourth-order valence-corrected chi connectivity index (χ4v) is 2.14. The van der Waals surface area contributed by atoms with E-state index in [9.17, 15) is 0 Å². The number of rotatable bonds is 0. The Kier molecular flexibility index (Phi) is 2.88. The van der Waals surface area contributed by atoms with E-state index in [1.54, 1.807) is 5.20 Å². The van der Waals surface area contributed by atoms with Gasteiger partial charge in [0.2, 0.25) is 0 Å². The minimum absolute atomic E-state index is 0. The molecule has 2 heteroatoms. The Balaban J connectivity index is 0.000000605. The van der Waals surface area contributed by atoms with Crippen LogP contribution >= 0.6 is 0 Å². The fraction of sp³-hybridized carbons (Fsp3) is 0.111. The Bertz CT molecular complexity index is 291. The van der Waals surface area contributed by atoms with Crippen molar-refractivity contribution in [2.24, 2.45) is 0 Å². The SMILES string of the molecule is [SiH3]C1=Cc2ccccc2C1.[Ti]. The molecule has 0 aromatic heterocycles. The van der Waals surface area contributed by atoms with Gasteiger partial charge in [0.25, 0.3) is 0 Å². The van der Waals surface area contributed by atoms with Gasteiger partial charge in [-0.2, -0.15) is 0 Å². The topological polar surface area (TPSA) is 0 Å². The molecular weight excluding hydrogens is 184 g/mol. The summed E-state index contributed by atoms with van der Waals surface area (Å²) in [6, 6.07) is 8.64. The minimum Gasteiger partial charge on any atom is -0.0869 e. The zero-order valence-corrected chi connectivity index (χ0v) is 10.2. The van der Waals surface area contributed by atoms with E-state index in [2.05, 4.69) is 30.3 Å². The van der Waals surface area contributed by atoms with E-state index in [4.69, 9.17) is 0 Å². The summed E-state index contributed by atoms with van der Waals surface area (Å²) in [5.41, 5.74) is 2.94. The van der Waals surface area contributed by atoms with E-state index >= 15 is 0 Å². The molecule has 0 fully saturated rings. The first-order valence-electron chi connectivity index (χ1n) is 3.61. The first-order valence-corrected chi connectivity index (χ1v) is 4.61. The van der Waals surface area contributed by atoms with Gasteiger partial charge in [-0.3, -0.25) is 0 Å². The molecule has 0 atom stereocenters. The van der Waals surface area contributed by atoms with E-state index in [-0.39, 0.29) is 21.7 Å². The summed E-state index contributed by atoms with van der Waals surface area (Å²) in [6.07, 6.45) is 3.53. The Morgan fingerprint density at radius 2 is 1.91 bits per heavy atom. The number of allylic oxidation sites excluding steroid dienone is 1. The van der Waals surface area contributed by atoms with E-state index in [1.807, 2.05) is 0 Å². The van der Waals surface area contributed by atoms with E-state index in [0.29, 0.717) is 0 Å². The maximum atomic E-state index is 2.32. The zero-order chi connectivity index (χ0) is 6.97. The Labute approximate surface area is 85.0 Å². The van der Waals surface area contributed by atoms with Gasteiger partial charge in [0, 0.05) is 32.0 Å². The Morgan fingerprint density at radius 1 is 1.18 bits per heavy atom. The normalized spacial score (nSPS) is 13.6. The van der Waals surface area contributed by atoms with Crippen LogP contribution in [0.4, 0.5) is 0 Å². The third kappa shape index (κ3) is 1.73. The minimum atomic E-state index is 0. The fourth-order valence-electron chi connectivity index (χ4n) is 1.45. The van der Waals surface area contributed by atoms with Crippen LogP contribution in [0.1, 0.15) is 11.1 Å². The summed E-state index contributed by atoms with van der Waals surface area (Å²) >= 11 is 0. The average molecular weight is 194 g/mol. The summed E-state index contributed by atoms with van der Waals surface area (Å²) in [5.74, 6) is 0. The van der Waals surface area contributed by atoms with Crippen molar-refractivity contribution in [3.8, 4) is 0 Å². The molecule has 0 spiro atoms. The summed E-state index contributed by atoms with van der Waals surface area (Å²) in [4.78, 5) is 0. The average Bonchev–Trinajstić information content (AvgIpc) is 2.27. The van der Waals surface area contributed by atoms with Crippen LogP contribution in [0, 0.1) is 0 Å². The second-order valence-electron chi connectivity index (χ2n) is 2.87. The predicted molar refractivity (Wildman–Crippen MR) is 48.1 cm³/mol. The van der Waals surface area contributed by atoms with Gasteiger partial charge in [-0.15, -0.1) is 0 Å². The van der Waals surface area contributed by atoms with Gasteiger partial charge in [-0.1, -0.05) is 35.5 Å². The largest absolute Gasteiger partial charge is 0.0869 e. The molecule has 1 aliphatic rings. The van der Waals surface area contributed by atoms with Crippen LogP contribution in [-0.2, 0) is 28.1 Å². The summed E-state index contributed by atoms with van der Waals surface area (Å²) in [7, 11) is 1.22. The van der Waals surface area contributed by atoms with E-state index in [0.717, 1.165) is 0 Å². The van der Waals surface area contributed by atoms with Crippen LogP contribution in [0.3, 0.4) is 0 Å². The molecule has 0 amide bonds. The van der Waals surface area contributed by atoms with Crippen molar-refractivity contribution in [2.45, 2.75) is 6.42 Å². The van der Waals surface area contributed by atoms with Crippen molar-refractivity contribution in [3.63, 3.8) is 0 Å². The van der Waals surface area contributed by atoms with Gasteiger partial charge < -0.3 is 0 Å². The van der Waals surface area contributed by atoms with Crippen molar-refractivity contribution < 1.29 is 21.7 Å². The summed E-state index contributed by atoms with van der Waals surface area (Å²) in [5, 5.41) is 1.61. The predicted octanol–water partition coefficient (Wildman–Crippen LogP) is 0.947. The van der Waals surface area contributed by atoms with Crippen LogP contribution < -0.4 is 0 Å². The molecule has 0 N–H and O–H groups in total. The van der Waals surface area contributed by atoms with Crippen LogP contribution in [0.25, 0.3) is 6.08 Å². The van der Waals surface area contributed by atoms with Crippen molar-refractivity contribution in [2.75, 3.05) is 0 Å². The molecule has 0 radical (unpaired) electrons. The van der Waals surface area contributed by atoms with Crippen LogP contribution in [-0.4, -0.2) is 10.2 Å². The van der Waals surface area contributed by atoms with Crippen LogP contribution in [0.2, 0.25) is 0 Å². The molecular formula is C9H10SiTi. The molecule has 0 heterocycles. The first-order chi connectivity index (χ1) is 4.86. The first kappa shape index (κ1) is 8.98. The van der Waals surface area contributed by atoms with E-state index < -0.39 is 0 Å². The second-order valence-corrected chi connectivity index (χ2v) is 4.15. The molecule has 0 unspecified atom stereocenters. The number of hydrogen-bond acceptors (Lipinski definition) is 0. The van der Waals surface area contributed by atoms with Crippen LogP contribution in [0.15, 0.2) is 29.5 Å². The second kappa shape index (κ2) is 3.53. The molecule has 1 aromatic carbocycles. The number of fused-ring (bicyclic) bond motifs is 1. The van der Waals surface area contributed by atoms with Gasteiger partial charge in [0.1, 0.15) is 0 Å². The molecule has 0 saturated carbocycles. The molecule has 0 saturated heterocycles. The summed E-state index contributed by atoms with van der Waals surface area (Å²) in [6.45, 7) is 0. The standard InChI is InChI=1S/C9H10Si.Ti/c10-9-5-7-3-1-2-4-8(7)6-9;/h1-5H,6H2,10H3;. The number of hydrogen-bond donors (Lipinski definition) is 0. The van der Waals surface area contributed by atoms with Crippen molar-refractivity contribution in [1.29, 1.82) is 0 Å². The Hall–Kier alpha value is -0.109. The maximum Gasteiger partial charge on any atom is 0.0337 e. The van der Waals surface area contributed by atoms with E-state index in [1.165, 1.54) is 27.8 Å².